The Morgan fingerprint density at radius 1 is 1.33 bits per heavy atom. The number of benzene rings is 1. The van der Waals surface area contributed by atoms with Crippen LogP contribution in [0, 0.1) is 6.92 Å². The van der Waals surface area contributed by atoms with Crippen LogP contribution in [0.5, 0.6) is 0 Å². The summed E-state index contributed by atoms with van der Waals surface area (Å²) in [6, 6.07) is 7.24. The molecule has 0 unspecified atom stereocenters. The summed E-state index contributed by atoms with van der Waals surface area (Å²) in [5, 5.41) is 11.2. The molecular formula is C17H18N4O3. The van der Waals surface area contributed by atoms with Crippen LogP contribution in [0.4, 0.5) is 0 Å². The topological polar surface area (TPSA) is 86.1 Å². The standard InChI is InChI=1S/C17H18N4O3/c1-10-19-20-15-7-6-12(9-21(10)15)18-16(22)14-8-11-4-2-3-5-13(11)17(23)24-14/h2-5,12,14H,6-9H2,1H3,(H,18,22)/t12-,14+/m1/s1. The lowest BCUT2D eigenvalue weighted by atomic mass is 9.98. The minimum absolute atomic E-state index is 0.00410. The Hall–Kier alpha value is -2.70. The fraction of sp³-hybridized carbons (Fsp3) is 0.412. The molecular weight excluding hydrogens is 308 g/mol. The highest BCUT2D eigenvalue weighted by Gasteiger charge is 2.33. The number of fused-ring (bicyclic) bond motifs is 2. The highest BCUT2D eigenvalue weighted by atomic mass is 16.5. The first kappa shape index (κ1) is 14.9. The summed E-state index contributed by atoms with van der Waals surface area (Å²) in [6.45, 7) is 2.55. The number of esters is 1. The van der Waals surface area contributed by atoms with Crippen LogP contribution in [-0.2, 0) is 28.9 Å². The Bertz CT molecular complexity index is 814. The van der Waals surface area contributed by atoms with Gasteiger partial charge < -0.3 is 14.6 Å². The van der Waals surface area contributed by atoms with Crippen LogP contribution >= 0.6 is 0 Å². The molecule has 7 heteroatoms. The highest BCUT2D eigenvalue weighted by Crippen LogP contribution is 2.21. The molecule has 0 aliphatic carbocycles. The molecule has 0 bridgehead atoms. The number of hydrogen-bond acceptors (Lipinski definition) is 5. The Balaban J connectivity index is 1.44. The van der Waals surface area contributed by atoms with E-state index in [1.54, 1.807) is 12.1 Å². The van der Waals surface area contributed by atoms with Crippen molar-refractivity contribution in [3.8, 4) is 0 Å². The average molecular weight is 326 g/mol. The van der Waals surface area contributed by atoms with Crippen LogP contribution in [0.15, 0.2) is 24.3 Å². The maximum atomic E-state index is 12.5. The van der Waals surface area contributed by atoms with Gasteiger partial charge in [-0.2, -0.15) is 0 Å². The van der Waals surface area contributed by atoms with Crippen LogP contribution in [0.1, 0.15) is 34.0 Å². The van der Waals surface area contributed by atoms with Crippen molar-refractivity contribution in [2.24, 2.45) is 0 Å². The molecule has 2 aliphatic rings. The first-order valence-electron chi connectivity index (χ1n) is 8.10. The smallest absolute Gasteiger partial charge is 0.339 e. The van der Waals surface area contributed by atoms with Gasteiger partial charge in [0, 0.05) is 25.4 Å². The normalized spacial score (nSPS) is 22.3. The summed E-state index contributed by atoms with van der Waals surface area (Å²) in [7, 11) is 0. The van der Waals surface area contributed by atoms with Gasteiger partial charge in [-0.25, -0.2) is 4.79 Å². The zero-order valence-electron chi connectivity index (χ0n) is 13.4. The minimum Gasteiger partial charge on any atom is -0.448 e. The number of amides is 1. The molecule has 1 aromatic heterocycles. The van der Waals surface area contributed by atoms with Gasteiger partial charge in [-0.3, -0.25) is 4.79 Å². The third-order valence-corrected chi connectivity index (χ3v) is 4.66. The lowest BCUT2D eigenvalue weighted by Gasteiger charge is -2.28. The second kappa shape index (κ2) is 5.74. The number of carbonyl (C=O) groups is 2. The van der Waals surface area contributed by atoms with E-state index in [1.165, 1.54) is 0 Å². The molecule has 1 N–H and O–H groups in total. The second-order valence-electron chi connectivity index (χ2n) is 6.27. The number of nitrogens with one attached hydrogen (secondary N) is 1. The van der Waals surface area contributed by atoms with Gasteiger partial charge in [-0.1, -0.05) is 18.2 Å². The first-order valence-corrected chi connectivity index (χ1v) is 8.10. The number of aromatic nitrogens is 3. The Kier molecular flexibility index (Phi) is 3.55. The molecule has 2 aliphatic heterocycles. The Morgan fingerprint density at radius 2 is 2.17 bits per heavy atom. The van der Waals surface area contributed by atoms with E-state index in [4.69, 9.17) is 4.74 Å². The van der Waals surface area contributed by atoms with Gasteiger partial charge in [0.1, 0.15) is 11.6 Å². The minimum atomic E-state index is -0.768. The van der Waals surface area contributed by atoms with E-state index < -0.39 is 12.1 Å². The number of rotatable bonds is 2. The molecule has 0 saturated carbocycles. The van der Waals surface area contributed by atoms with Crippen LogP contribution in [0.25, 0.3) is 0 Å². The molecule has 4 rings (SSSR count). The van der Waals surface area contributed by atoms with Crippen LogP contribution < -0.4 is 5.32 Å². The van der Waals surface area contributed by atoms with E-state index in [-0.39, 0.29) is 11.9 Å². The number of hydrogen-bond donors (Lipinski definition) is 1. The van der Waals surface area contributed by atoms with Crippen molar-refractivity contribution in [3.05, 3.63) is 47.0 Å². The molecule has 7 nitrogen and oxygen atoms in total. The molecule has 2 atom stereocenters. The summed E-state index contributed by atoms with van der Waals surface area (Å²) in [5.41, 5.74) is 1.40. The maximum absolute atomic E-state index is 12.5. The van der Waals surface area contributed by atoms with E-state index in [0.29, 0.717) is 18.5 Å². The monoisotopic (exact) mass is 326 g/mol. The van der Waals surface area contributed by atoms with Gasteiger partial charge in [0.2, 0.25) is 0 Å². The summed E-state index contributed by atoms with van der Waals surface area (Å²) in [6.07, 6.45) is 1.23. The van der Waals surface area contributed by atoms with Gasteiger partial charge in [0.05, 0.1) is 5.56 Å². The fourth-order valence-electron chi connectivity index (χ4n) is 3.35. The fourth-order valence-corrected chi connectivity index (χ4v) is 3.35. The molecule has 2 aromatic rings. The zero-order chi connectivity index (χ0) is 16.7. The largest absolute Gasteiger partial charge is 0.448 e. The van der Waals surface area contributed by atoms with Gasteiger partial charge >= 0.3 is 5.97 Å². The molecule has 0 fully saturated rings. The quantitative estimate of drug-likeness (QED) is 0.825. The second-order valence-corrected chi connectivity index (χ2v) is 6.27. The summed E-state index contributed by atoms with van der Waals surface area (Å²) < 4.78 is 7.34. The molecule has 124 valence electrons. The molecule has 0 radical (unpaired) electrons. The summed E-state index contributed by atoms with van der Waals surface area (Å²) >= 11 is 0. The van der Waals surface area contributed by atoms with E-state index >= 15 is 0 Å². The maximum Gasteiger partial charge on any atom is 0.339 e. The molecule has 1 aromatic carbocycles. The zero-order valence-corrected chi connectivity index (χ0v) is 13.4. The van der Waals surface area contributed by atoms with E-state index in [0.717, 1.165) is 30.1 Å². The first-order chi connectivity index (χ1) is 11.6. The molecule has 24 heavy (non-hydrogen) atoms. The third kappa shape index (κ3) is 2.55. The number of cyclic esters (lactones) is 1. The van der Waals surface area contributed by atoms with Crippen LogP contribution in [-0.4, -0.2) is 38.8 Å². The average Bonchev–Trinajstić information content (AvgIpc) is 2.96. The molecule has 1 amide bonds. The van der Waals surface area contributed by atoms with E-state index in [9.17, 15) is 9.59 Å². The highest BCUT2D eigenvalue weighted by molar-refractivity contribution is 5.95. The predicted molar refractivity (Wildman–Crippen MR) is 84.4 cm³/mol. The van der Waals surface area contributed by atoms with Gasteiger partial charge in [-0.05, 0) is 25.0 Å². The predicted octanol–water partition coefficient (Wildman–Crippen LogP) is 0.799. The number of aryl methyl sites for hydroxylation is 2. The third-order valence-electron chi connectivity index (χ3n) is 4.66. The van der Waals surface area contributed by atoms with Crippen LogP contribution in [0.2, 0.25) is 0 Å². The molecule has 0 spiro atoms. The van der Waals surface area contributed by atoms with Crippen molar-refractivity contribution in [3.63, 3.8) is 0 Å². The lowest BCUT2D eigenvalue weighted by Crippen LogP contribution is -2.48. The van der Waals surface area contributed by atoms with Crippen molar-refractivity contribution in [1.29, 1.82) is 0 Å². The van der Waals surface area contributed by atoms with Gasteiger partial charge in [0.15, 0.2) is 6.10 Å². The van der Waals surface area contributed by atoms with Crippen molar-refractivity contribution >= 4 is 11.9 Å². The Morgan fingerprint density at radius 3 is 3.04 bits per heavy atom. The number of ether oxygens (including phenoxy) is 1. The molecule has 3 heterocycles. The van der Waals surface area contributed by atoms with Crippen molar-refractivity contribution in [1.82, 2.24) is 20.1 Å². The lowest BCUT2D eigenvalue weighted by molar-refractivity contribution is -0.131. The Labute approximate surface area is 139 Å². The SMILES string of the molecule is Cc1nnc2n1C[C@H](NC(=O)[C@@H]1Cc3ccccc3C(=O)O1)CC2. The van der Waals surface area contributed by atoms with Crippen molar-refractivity contribution in [2.75, 3.05) is 0 Å². The van der Waals surface area contributed by atoms with Crippen molar-refractivity contribution in [2.45, 2.75) is 44.9 Å². The van der Waals surface area contributed by atoms with Crippen molar-refractivity contribution < 1.29 is 14.3 Å². The van der Waals surface area contributed by atoms with E-state index in [1.807, 2.05) is 23.6 Å². The van der Waals surface area contributed by atoms with Gasteiger partial charge in [0.25, 0.3) is 5.91 Å². The van der Waals surface area contributed by atoms with E-state index in [2.05, 4.69) is 15.5 Å². The van der Waals surface area contributed by atoms with Gasteiger partial charge in [-0.15, -0.1) is 10.2 Å². The number of nitrogens with zero attached hydrogens (tertiary/aromatic N) is 3. The summed E-state index contributed by atoms with van der Waals surface area (Å²) in [4.78, 5) is 24.6. The molecule has 0 saturated heterocycles. The summed E-state index contributed by atoms with van der Waals surface area (Å²) in [5.74, 6) is 1.13. The number of carbonyl (C=O) groups excluding carboxylic acids is 2. The van der Waals surface area contributed by atoms with Crippen LogP contribution in [0.3, 0.4) is 0 Å².